The van der Waals surface area contributed by atoms with Gasteiger partial charge in [-0.15, -0.1) is 22.7 Å². The molecule has 0 unspecified atom stereocenters. The molecule has 3 aromatic rings. The molecule has 3 heterocycles. The molecule has 0 atom stereocenters. The topological polar surface area (TPSA) is 53.7 Å². The molecule has 0 spiro atoms. The summed E-state index contributed by atoms with van der Waals surface area (Å²) in [6, 6.07) is 4.29. The maximum absolute atomic E-state index is 4.67. The molecule has 3 aromatic heterocycles. The predicted octanol–water partition coefficient (Wildman–Crippen LogP) is 3.49. The number of hydrogen-bond donors (Lipinski definition) is 2. The lowest BCUT2D eigenvalue weighted by molar-refractivity contribution is 0.518. The minimum Gasteiger partial charge on any atom is -0.357 e. The van der Waals surface area contributed by atoms with E-state index in [1.165, 1.54) is 4.88 Å². The highest BCUT2D eigenvalue weighted by Crippen LogP contribution is 2.26. The van der Waals surface area contributed by atoms with Crippen molar-refractivity contribution in [2.45, 2.75) is 32.7 Å². The Morgan fingerprint density at radius 3 is 2.88 bits per heavy atom. The molecule has 128 valence electrons. The molecule has 0 saturated heterocycles. The van der Waals surface area contributed by atoms with Crippen molar-refractivity contribution in [3.8, 4) is 0 Å². The first-order valence-electron chi connectivity index (χ1n) is 8.06. The van der Waals surface area contributed by atoms with Crippen LogP contribution in [0.5, 0.6) is 0 Å². The number of thiazole rings is 1. The predicted molar refractivity (Wildman–Crippen MR) is 103 cm³/mol. The molecule has 0 radical (unpaired) electrons. The van der Waals surface area contributed by atoms with Crippen LogP contribution in [0, 0.1) is 0 Å². The standard InChI is InChI=1S/C17H23N5S2/c1-4-18-15(20-12-17(2,3)14-6-5-8-23-14)19-10-13-11-22-7-9-24-16(22)21-13/h5-9,11H,4,10,12H2,1-3H3,(H2,18,19,20). The number of guanidine groups is 1. The molecular weight excluding hydrogens is 338 g/mol. The van der Waals surface area contributed by atoms with Gasteiger partial charge in [-0.3, -0.25) is 4.40 Å². The van der Waals surface area contributed by atoms with Crippen molar-refractivity contribution in [2.24, 2.45) is 4.99 Å². The van der Waals surface area contributed by atoms with Crippen LogP contribution in [0.4, 0.5) is 0 Å². The van der Waals surface area contributed by atoms with Gasteiger partial charge in [0.2, 0.25) is 0 Å². The highest BCUT2D eigenvalue weighted by atomic mass is 32.1. The van der Waals surface area contributed by atoms with Crippen molar-refractivity contribution in [3.63, 3.8) is 0 Å². The van der Waals surface area contributed by atoms with Gasteiger partial charge in [-0.05, 0) is 18.4 Å². The molecule has 7 heteroatoms. The van der Waals surface area contributed by atoms with Crippen molar-refractivity contribution in [2.75, 3.05) is 13.1 Å². The summed E-state index contributed by atoms with van der Waals surface area (Å²) in [7, 11) is 0. The third-order valence-corrected chi connectivity index (χ3v) is 5.78. The van der Waals surface area contributed by atoms with Crippen LogP contribution in [0.15, 0.2) is 40.3 Å². The lowest BCUT2D eigenvalue weighted by atomic mass is 9.91. The van der Waals surface area contributed by atoms with Gasteiger partial charge >= 0.3 is 0 Å². The van der Waals surface area contributed by atoms with E-state index in [0.717, 1.165) is 29.7 Å². The number of nitrogens with one attached hydrogen (secondary N) is 2. The van der Waals surface area contributed by atoms with Gasteiger partial charge in [0.05, 0.1) is 12.2 Å². The molecule has 0 aliphatic rings. The first kappa shape index (κ1) is 17.0. The summed E-state index contributed by atoms with van der Waals surface area (Å²) in [6.07, 6.45) is 4.06. The van der Waals surface area contributed by atoms with Crippen LogP contribution >= 0.6 is 22.7 Å². The number of rotatable bonds is 6. The van der Waals surface area contributed by atoms with E-state index in [2.05, 4.69) is 58.9 Å². The van der Waals surface area contributed by atoms with Crippen LogP contribution in [0.3, 0.4) is 0 Å². The maximum atomic E-state index is 4.67. The Morgan fingerprint density at radius 1 is 1.29 bits per heavy atom. The van der Waals surface area contributed by atoms with Crippen molar-refractivity contribution in [3.05, 3.63) is 45.9 Å². The van der Waals surface area contributed by atoms with E-state index < -0.39 is 0 Å². The van der Waals surface area contributed by atoms with Gasteiger partial charge in [-0.1, -0.05) is 19.9 Å². The molecule has 0 aliphatic carbocycles. The smallest absolute Gasteiger partial charge is 0.193 e. The van der Waals surface area contributed by atoms with E-state index in [0.29, 0.717) is 6.54 Å². The second-order valence-corrected chi connectivity index (χ2v) is 8.06. The molecule has 5 nitrogen and oxygen atoms in total. The summed E-state index contributed by atoms with van der Waals surface area (Å²) in [5, 5.41) is 10.9. The minimum atomic E-state index is 0.0708. The number of nitrogens with zero attached hydrogens (tertiary/aromatic N) is 3. The van der Waals surface area contributed by atoms with E-state index in [9.17, 15) is 0 Å². The number of hydrogen-bond acceptors (Lipinski definition) is 4. The zero-order valence-corrected chi connectivity index (χ0v) is 15.9. The second kappa shape index (κ2) is 7.36. The Kier molecular flexibility index (Phi) is 5.20. The largest absolute Gasteiger partial charge is 0.357 e. The fourth-order valence-electron chi connectivity index (χ4n) is 2.41. The quantitative estimate of drug-likeness (QED) is 0.522. The van der Waals surface area contributed by atoms with Gasteiger partial charge in [0.1, 0.15) is 0 Å². The van der Waals surface area contributed by atoms with E-state index >= 15 is 0 Å². The number of thiophene rings is 1. The molecule has 0 saturated carbocycles. The molecular formula is C17H23N5S2. The third kappa shape index (κ3) is 3.96. The van der Waals surface area contributed by atoms with Gasteiger partial charge in [0.15, 0.2) is 10.9 Å². The second-order valence-electron chi connectivity index (χ2n) is 6.23. The number of fused-ring (bicyclic) bond motifs is 1. The van der Waals surface area contributed by atoms with Crippen molar-refractivity contribution < 1.29 is 0 Å². The van der Waals surface area contributed by atoms with Gasteiger partial charge < -0.3 is 10.6 Å². The normalized spacial score (nSPS) is 12.7. The van der Waals surface area contributed by atoms with Crippen LogP contribution in [-0.2, 0) is 12.0 Å². The molecule has 3 rings (SSSR count). The number of imidazole rings is 1. The van der Waals surface area contributed by atoms with Gasteiger partial charge in [0, 0.05) is 41.2 Å². The van der Waals surface area contributed by atoms with Crippen LogP contribution in [0.1, 0.15) is 31.3 Å². The van der Waals surface area contributed by atoms with Crippen LogP contribution in [-0.4, -0.2) is 28.4 Å². The van der Waals surface area contributed by atoms with Crippen molar-refractivity contribution in [1.29, 1.82) is 0 Å². The summed E-state index contributed by atoms with van der Waals surface area (Å²) in [5.74, 6) is 0.832. The van der Waals surface area contributed by atoms with Gasteiger partial charge in [-0.2, -0.15) is 0 Å². The Morgan fingerprint density at radius 2 is 2.17 bits per heavy atom. The molecule has 2 N–H and O–H groups in total. The minimum absolute atomic E-state index is 0.0708. The average Bonchev–Trinajstić information content (AvgIpc) is 3.26. The monoisotopic (exact) mass is 361 g/mol. The van der Waals surface area contributed by atoms with Gasteiger partial charge in [-0.25, -0.2) is 9.98 Å². The van der Waals surface area contributed by atoms with E-state index in [-0.39, 0.29) is 5.41 Å². The van der Waals surface area contributed by atoms with Crippen molar-refractivity contribution in [1.82, 2.24) is 20.0 Å². The first-order chi connectivity index (χ1) is 11.6. The van der Waals surface area contributed by atoms with E-state index in [1.807, 2.05) is 22.2 Å². The average molecular weight is 362 g/mol. The van der Waals surface area contributed by atoms with E-state index in [1.54, 1.807) is 22.7 Å². The number of aromatic nitrogens is 2. The fraction of sp³-hybridized carbons (Fsp3) is 0.412. The lowest BCUT2D eigenvalue weighted by Crippen LogP contribution is -2.43. The lowest BCUT2D eigenvalue weighted by Gasteiger charge is -2.25. The maximum Gasteiger partial charge on any atom is 0.193 e. The summed E-state index contributed by atoms with van der Waals surface area (Å²) >= 11 is 3.43. The summed E-state index contributed by atoms with van der Waals surface area (Å²) in [5.41, 5.74) is 1.05. The highest BCUT2D eigenvalue weighted by Gasteiger charge is 2.21. The van der Waals surface area contributed by atoms with Crippen LogP contribution < -0.4 is 10.6 Å². The molecule has 0 amide bonds. The Labute approximate surface area is 150 Å². The highest BCUT2D eigenvalue weighted by molar-refractivity contribution is 7.15. The summed E-state index contributed by atoms with van der Waals surface area (Å²) < 4.78 is 2.04. The first-order valence-corrected chi connectivity index (χ1v) is 9.81. The molecule has 0 aromatic carbocycles. The molecule has 0 aliphatic heterocycles. The fourth-order valence-corrected chi connectivity index (χ4v) is 3.98. The molecule has 0 bridgehead atoms. The zero-order valence-electron chi connectivity index (χ0n) is 14.2. The summed E-state index contributed by atoms with van der Waals surface area (Å²) in [6.45, 7) is 8.82. The summed E-state index contributed by atoms with van der Waals surface area (Å²) in [4.78, 5) is 11.6. The SMILES string of the molecule is CCNC(=NCc1cn2ccsc2n1)NCC(C)(C)c1cccs1. The Hall–Kier alpha value is -1.86. The zero-order chi connectivity index (χ0) is 17.0. The third-order valence-electron chi connectivity index (χ3n) is 3.77. The van der Waals surface area contributed by atoms with Crippen molar-refractivity contribution >= 4 is 33.6 Å². The van der Waals surface area contributed by atoms with Gasteiger partial charge in [0.25, 0.3) is 0 Å². The molecule has 24 heavy (non-hydrogen) atoms. The van der Waals surface area contributed by atoms with Crippen LogP contribution in [0.25, 0.3) is 4.96 Å². The Balaban J connectivity index is 1.64. The van der Waals surface area contributed by atoms with Crippen LogP contribution in [0.2, 0.25) is 0 Å². The van der Waals surface area contributed by atoms with E-state index in [4.69, 9.17) is 0 Å². The Bertz CT molecular complexity index is 770. The molecule has 0 fully saturated rings. The number of aliphatic imine (C=N–C) groups is 1.